The zero-order valence-corrected chi connectivity index (χ0v) is 16.8. The lowest BCUT2D eigenvalue weighted by Crippen LogP contribution is -2.16. The average Bonchev–Trinajstić information content (AvgIpc) is 3.08. The third kappa shape index (κ3) is 4.84. The number of imidazole rings is 1. The van der Waals surface area contributed by atoms with Crippen molar-refractivity contribution in [2.45, 2.75) is 11.7 Å². The maximum absolute atomic E-state index is 12.4. The minimum Gasteiger partial charge on any atom is -0.496 e. The molecule has 152 valence electrons. The Kier molecular flexibility index (Phi) is 6.68. The molecule has 0 radical (unpaired) electrons. The molecule has 0 atom stereocenters. The van der Waals surface area contributed by atoms with Crippen LogP contribution in [0.1, 0.15) is 0 Å². The van der Waals surface area contributed by atoms with Gasteiger partial charge in [-0.15, -0.1) is 0 Å². The Balaban J connectivity index is 1.74. The van der Waals surface area contributed by atoms with E-state index in [-0.39, 0.29) is 23.0 Å². The second-order valence-electron chi connectivity index (χ2n) is 6.00. The minimum absolute atomic E-state index is 0.0550. The van der Waals surface area contributed by atoms with Crippen molar-refractivity contribution in [2.75, 3.05) is 31.9 Å². The fraction of sp³-hybridized carbons (Fsp3) is 0.263. The zero-order chi connectivity index (χ0) is 20.8. The number of hydrogen-bond donors (Lipinski definition) is 1. The third-order valence-corrected chi connectivity index (χ3v) is 5.12. The van der Waals surface area contributed by atoms with Gasteiger partial charge in [-0.25, -0.2) is 4.98 Å². The molecule has 0 aliphatic carbocycles. The number of ether oxygens (including phenoxy) is 2. The largest absolute Gasteiger partial charge is 0.496 e. The number of carbonyl (C=O) groups excluding carboxylic acids is 1. The molecule has 3 aromatic rings. The average molecular weight is 416 g/mol. The number of nitro groups is 1. The standard InChI is InChI=1S/C19H20N4O5S/c1-27-10-9-22-16-6-4-3-5-14(16)21-19(22)29-12-18(24)20-15-8-7-13(28-2)11-17(15)23(25)26/h3-8,11H,9-10,12H2,1-2H3,(H,20,24). The van der Waals surface area contributed by atoms with Gasteiger partial charge in [-0.05, 0) is 24.3 Å². The van der Waals surface area contributed by atoms with Gasteiger partial charge in [0.2, 0.25) is 5.91 Å². The molecule has 3 rings (SSSR count). The number of para-hydroxylation sites is 2. The van der Waals surface area contributed by atoms with Crippen LogP contribution in [0.5, 0.6) is 5.75 Å². The number of nitrogens with zero attached hydrogens (tertiary/aromatic N) is 3. The lowest BCUT2D eigenvalue weighted by atomic mass is 10.2. The number of rotatable bonds is 9. The van der Waals surface area contributed by atoms with Gasteiger partial charge in [-0.3, -0.25) is 14.9 Å². The van der Waals surface area contributed by atoms with Crippen molar-refractivity contribution in [3.8, 4) is 5.75 Å². The SMILES string of the molecule is COCCn1c(SCC(=O)Nc2ccc(OC)cc2[N+](=O)[O-])nc2ccccc21. The van der Waals surface area contributed by atoms with Gasteiger partial charge in [-0.1, -0.05) is 23.9 Å². The van der Waals surface area contributed by atoms with Crippen LogP contribution in [0, 0.1) is 10.1 Å². The van der Waals surface area contributed by atoms with Crippen LogP contribution < -0.4 is 10.1 Å². The molecule has 2 aromatic carbocycles. The number of fused-ring (bicyclic) bond motifs is 1. The summed E-state index contributed by atoms with van der Waals surface area (Å²) in [6, 6.07) is 12.0. The van der Waals surface area contributed by atoms with Crippen molar-refractivity contribution in [1.29, 1.82) is 0 Å². The van der Waals surface area contributed by atoms with Crippen LogP contribution in [0.4, 0.5) is 11.4 Å². The first-order chi connectivity index (χ1) is 14.0. The van der Waals surface area contributed by atoms with Crippen LogP contribution in [0.25, 0.3) is 11.0 Å². The molecule has 0 saturated heterocycles. The van der Waals surface area contributed by atoms with E-state index in [1.165, 1.54) is 31.0 Å². The lowest BCUT2D eigenvalue weighted by Gasteiger charge is -2.09. The number of methoxy groups -OCH3 is 2. The van der Waals surface area contributed by atoms with Crippen LogP contribution in [0.15, 0.2) is 47.6 Å². The van der Waals surface area contributed by atoms with E-state index in [9.17, 15) is 14.9 Å². The first-order valence-electron chi connectivity index (χ1n) is 8.72. The van der Waals surface area contributed by atoms with Gasteiger partial charge < -0.3 is 19.4 Å². The number of anilines is 1. The molecule has 1 amide bonds. The topological polar surface area (TPSA) is 109 Å². The van der Waals surface area contributed by atoms with Crippen LogP contribution >= 0.6 is 11.8 Å². The molecule has 1 heterocycles. The van der Waals surface area contributed by atoms with Gasteiger partial charge in [-0.2, -0.15) is 0 Å². The molecular weight excluding hydrogens is 396 g/mol. The summed E-state index contributed by atoms with van der Waals surface area (Å²) < 4.78 is 12.2. The van der Waals surface area contributed by atoms with E-state index in [0.29, 0.717) is 24.1 Å². The second kappa shape index (κ2) is 9.39. The summed E-state index contributed by atoms with van der Waals surface area (Å²) in [6.07, 6.45) is 0. The minimum atomic E-state index is -0.560. The van der Waals surface area contributed by atoms with Gasteiger partial charge in [0.1, 0.15) is 11.4 Å². The molecule has 29 heavy (non-hydrogen) atoms. The molecule has 9 nitrogen and oxygen atoms in total. The smallest absolute Gasteiger partial charge is 0.296 e. The third-order valence-electron chi connectivity index (χ3n) is 4.15. The molecule has 1 aromatic heterocycles. The molecule has 0 fully saturated rings. The molecule has 0 unspecified atom stereocenters. The number of nitro benzene ring substituents is 1. The van der Waals surface area contributed by atoms with Gasteiger partial charge in [0.05, 0.1) is 41.5 Å². The Morgan fingerprint density at radius 1 is 1.28 bits per heavy atom. The van der Waals surface area contributed by atoms with Crippen LogP contribution in [0.2, 0.25) is 0 Å². The Labute approximate surface area is 171 Å². The molecule has 1 N–H and O–H groups in total. The highest BCUT2D eigenvalue weighted by atomic mass is 32.2. The number of benzene rings is 2. The van der Waals surface area contributed by atoms with Crippen LogP contribution in [-0.4, -0.2) is 47.0 Å². The van der Waals surface area contributed by atoms with Crippen molar-refractivity contribution in [1.82, 2.24) is 9.55 Å². The van der Waals surface area contributed by atoms with Crippen molar-refractivity contribution in [3.63, 3.8) is 0 Å². The number of hydrogen-bond acceptors (Lipinski definition) is 7. The van der Waals surface area contributed by atoms with Crippen molar-refractivity contribution < 1.29 is 19.2 Å². The maximum Gasteiger partial charge on any atom is 0.296 e. The van der Waals surface area contributed by atoms with Crippen molar-refractivity contribution in [3.05, 3.63) is 52.6 Å². The summed E-state index contributed by atoms with van der Waals surface area (Å²) in [5.74, 6) is 0.0315. The van der Waals surface area contributed by atoms with Crippen LogP contribution in [0.3, 0.4) is 0 Å². The van der Waals surface area contributed by atoms with E-state index in [1.54, 1.807) is 13.2 Å². The Morgan fingerprint density at radius 3 is 2.79 bits per heavy atom. The van der Waals surface area contributed by atoms with E-state index < -0.39 is 4.92 Å². The number of amides is 1. The van der Waals surface area contributed by atoms with Crippen LogP contribution in [-0.2, 0) is 16.1 Å². The van der Waals surface area contributed by atoms with Gasteiger partial charge in [0, 0.05) is 13.7 Å². The number of carbonyl (C=O) groups is 1. The van der Waals surface area contributed by atoms with E-state index in [4.69, 9.17) is 9.47 Å². The van der Waals surface area contributed by atoms with Gasteiger partial charge in [0.25, 0.3) is 5.69 Å². The van der Waals surface area contributed by atoms with Gasteiger partial charge >= 0.3 is 0 Å². The predicted octanol–water partition coefficient (Wildman–Crippen LogP) is 3.33. The highest BCUT2D eigenvalue weighted by Gasteiger charge is 2.18. The summed E-state index contributed by atoms with van der Waals surface area (Å²) in [5.41, 5.74) is 1.68. The maximum atomic E-state index is 12.4. The highest BCUT2D eigenvalue weighted by molar-refractivity contribution is 7.99. The first kappa shape index (κ1) is 20.6. The first-order valence-corrected chi connectivity index (χ1v) is 9.71. The quantitative estimate of drug-likeness (QED) is 0.324. The van der Waals surface area contributed by atoms with E-state index in [1.807, 2.05) is 28.8 Å². The summed E-state index contributed by atoms with van der Waals surface area (Å²) in [6.45, 7) is 1.11. The molecule has 10 heteroatoms. The normalized spacial score (nSPS) is 10.8. The van der Waals surface area contributed by atoms with E-state index in [0.717, 1.165) is 11.0 Å². The fourth-order valence-electron chi connectivity index (χ4n) is 2.77. The Hall–Kier alpha value is -3.11. The number of aromatic nitrogens is 2. The highest BCUT2D eigenvalue weighted by Crippen LogP contribution is 2.29. The van der Waals surface area contributed by atoms with E-state index >= 15 is 0 Å². The zero-order valence-electron chi connectivity index (χ0n) is 16.0. The molecule has 0 saturated carbocycles. The monoisotopic (exact) mass is 416 g/mol. The van der Waals surface area contributed by atoms with Crippen molar-refractivity contribution >= 4 is 40.1 Å². The summed E-state index contributed by atoms with van der Waals surface area (Å²) >= 11 is 1.26. The molecule has 0 aliphatic rings. The molecule has 0 aliphatic heterocycles. The van der Waals surface area contributed by atoms with Gasteiger partial charge in [0.15, 0.2) is 5.16 Å². The molecule has 0 spiro atoms. The van der Waals surface area contributed by atoms with E-state index in [2.05, 4.69) is 10.3 Å². The fourth-order valence-corrected chi connectivity index (χ4v) is 3.61. The Bertz CT molecular complexity index is 1040. The number of nitrogens with one attached hydrogen (secondary N) is 1. The summed E-state index contributed by atoms with van der Waals surface area (Å²) in [5, 5.41) is 14.5. The lowest BCUT2D eigenvalue weighted by molar-refractivity contribution is -0.384. The second-order valence-corrected chi connectivity index (χ2v) is 6.95. The summed E-state index contributed by atoms with van der Waals surface area (Å²) in [7, 11) is 3.05. The number of thioether (sulfide) groups is 1. The van der Waals surface area contributed by atoms with Crippen molar-refractivity contribution in [2.24, 2.45) is 0 Å². The predicted molar refractivity (Wildman–Crippen MR) is 111 cm³/mol. The summed E-state index contributed by atoms with van der Waals surface area (Å²) in [4.78, 5) is 27.7. The Morgan fingerprint density at radius 2 is 2.07 bits per heavy atom. The molecular formula is C19H20N4O5S. The molecule has 0 bridgehead atoms.